The molecule has 5 heteroatoms. The van der Waals surface area contributed by atoms with Crippen molar-refractivity contribution in [3.8, 4) is 0 Å². The quantitative estimate of drug-likeness (QED) is 0.862. The summed E-state index contributed by atoms with van der Waals surface area (Å²) in [6.45, 7) is 3.23. The molecule has 1 N–H and O–H groups in total. The van der Waals surface area contributed by atoms with Gasteiger partial charge < -0.3 is 14.5 Å². The molecule has 1 aromatic heterocycles. The molecule has 1 atom stereocenters. The average Bonchev–Trinajstić information content (AvgIpc) is 2.64. The Labute approximate surface area is 117 Å². The van der Waals surface area contributed by atoms with Crippen molar-refractivity contribution in [2.45, 2.75) is 19.4 Å². The van der Waals surface area contributed by atoms with Crippen molar-refractivity contribution < 1.29 is 0 Å². The monoisotopic (exact) mass is 283 g/mol. The zero-order valence-corrected chi connectivity index (χ0v) is 12.5. The Kier molecular flexibility index (Phi) is 4.10. The minimum Gasteiger partial charge on any atom is -0.329 e. The summed E-state index contributed by atoms with van der Waals surface area (Å²) in [5.74, 6) is 0. The number of benzene rings is 1. The molecule has 0 saturated carbocycles. The van der Waals surface area contributed by atoms with Crippen LogP contribution in [-0.2, 0) is 0 Å². The van der Waals surface area contributed by atoms with Gasteiger partial charge in [-0.2, -0.15) is 0 Å². The number of fused-ring (bicyclic) bond motifs is 1. The highest BCUT2D eigenvalue weighted by molar-refractivity contribution is 7.71. The van der Waals surface area contributed by atoms with Crippen LogP contribution < -0.4 is 0 Å². The van der Waals surface area contributed by atoms with Gasteiger partial charge in [-0.3, -0.25) is 0 Å². The van der Waals surface area contributed by atoms with E-state index in [-0.39, 0.29) is 0 Å². The maximum Gasteiger partial charge on any atom is 0.178 e. The first-order valence-corrected chi connectivity index (χ1v) is 6.83. The summed E-state index contributed by atoms with van der Waals surface area (Å²) in [6, 6.07) is 6.25. The minimum atomic E-state index is 0.354. The van der Waals surface area contributed by atoms with Gasteiger partial charge in [-0.25, -0.2) is 0 Å². The molecule has 1 aromatic carbocycles. The molecule has 0 radical (unpaired) electrons. The van der Waals surface area contributed by atoms with E-state index in [4.69, 9.17) is 23.8 Å². The molecule has 0 aliphatic rings. The van der Waals surface area contributed by atoms with Gasteiger partial charge in [0.25, 0.3) is 0 Å². The first-order valence-electron chi connectivity index (χ1n) is 6.04. The third-order valence-corrected chi connectivity index (χ3v) is 3.75. The van der Waals surface area contributed by atoms with E-state index in [1.807, 2.05) is 12.1 Å². The van der Waals surface area contributed by atoms with Crippen LogP contribution in [-0.4, -0.2) is 35.1 Å². The van der Waals surface area contributed by atoms with Crippen molar-refractivity contribution in [1.29, 1.82) is 0 Å². The van der Waals surface area contributed by atoms with Crippen LogP contribution in [0.2, 0.25) is 5.02 Å². The lowest BCUT2D eigenvalue weighted by Gasteiger charge is -2.17. The van der Waals surface area contributed by atoms with E-state index in [9.17, 15) is 0 Å². The molecule has 2 rings (SSSR count). The van der Waals surface area contributed by atoms with E-state index in [1.165, 1.54) is 0 Å². The molecule has 0 aliphatic heterocycles. The number of aromatic amines is 1. The summed E-state index contributed by atoms with van der Waals surface area (Å²) in [5, 5.41) is 0.720. The summed E-state index contributed by atoms with van der Waals surface area (Å²) in [6.07, 6.45) is 1.06. The molecule has 0 fully saturated rings. The number of imidazole rings is 1. The highest BCUT2D eigenvalue weighted by Gasteiger charge is 2.12. The second kappa shape index (κ2) is 5.43. The highest BCUT2D eigenvalue weighted by Crippen LogP contribution is 2.26. The van der Waals surface area contributed by atoms with E-state index in [2.05, 4.69) is 41.5 Å². The largest absolute Gasteiger partial charge is 0.329 e. The van der Waals surface area contributed by atoms with Crippen LogP contribution in [0.15, 0.2) is 18.2 Å². The number of halogens is 1. The van der Waals surface area contributed by atoms with Crippen LogP contribution in [0, 0.1) is 4.77 Å². The Bertz CT molecular complexity index is 600. The molecule has 98 valence electrons. The van der Waals surface area contributed by atoms with E-state index in [0.29, 0.717) is 6.04 Å². The Hall–Kier alpha value is -0.840. The van der Waals surface area contributed by atoms with Crippen molar-refractivity contribution in [2.24, 2.45) is 0 Å². The lowest BCUT2D eigenvalue weighted by Crippen LogP contribution is -2.17. The zero-order chi connectivity index (χ0) is 13.3. The maximum atomic E-state index is 6.18. The Morgan fingerprint density at radius 2 is 2.17 bits per heavy atom. The molecule has 18 heavy (non-hydrogen) atoms. The molecule has 1 heterocycles. The summed E-state index contributed by atoms with van der Waals surface area (Å²) in [5.41, 5.74) is 2.01. The van der Waals surface area contributed by atoms with Crippen molar-refractivity contribution in [2.75, 3.05) is 20.6 Å². The smallest absolute Gasteiger partial charge is 0.178 e. The fourth-order valence-electron chi connectivity index (χ4n) is 2.13. The molecule has 0 amide bonds. The summed E-state index contributed by atoms with van der Waals surface area (Å²) >= 11 is 11.6. The lowest BCUT2D eigenvalue weighted by atomic mass is 10.2. The van der Waals surface area contributed by atoms with Crippen LogP contribution in [0.3, 0.4) is 0 Å². The van der Waals surface area contributed by atoms with Crippen LogP contribution in [0.1, 0.15) is 19.4 Å². The fraction of sp³-hybridized carbons (Fsp3) is 0.462. The molecule has 3 nitrogen and oxygen atoms in total. The number of nitrogens with zero attached hydrogens (tertiary/aromatic N) is 2. The fourth-order valence-corrected chi connectivity index (χ4v) is 2.72. The minimum absolute atomic E-state index is 0.354. The van der Waals surface area contributed by atoms with Gasteiger partial charge in [0.05, 0.1) is 16.1 Å². The van der Waals surface area contributed by atoms with Gasteiger partial charge in [-0.05, 0) is 58.3 Å². The Morgan fingerprint density at radius 3 is 2.83 bits per heavy atom. The maximum absolute atomic E-state index is 6.18. The SMILES string of the molecule is CC(CCN(C)C)n1c(=S)[nH]c2c(Cl)cccc21. The molecule has 0 saturated heterocycles. The van der Waals surface area contributed by atoms with Gasteiger partial charge in [-0.1, -0.05) is 17.7 Å². The van der Waals surface area contributed by atoms with E-state index >= 15 is 0 Å². The van der Waals surface area contributed by atoms with Crippen molar-refractivity contribution in [1.82, 2.24) is 14.5 Å². The van der Waals surface area contributed by atoms with Gasteiger partial charge in [0.2, 0.25) is 0 Å². The second-order valence-electron chi connectivity index (χ2n) is 4.88. The number of hydrogen-bond donors (Lipinski definition) is 1. The number of hydrogen-bond acceptors (Lipinski definition) is 2. The highest BCUT2D eigenvalue weighted by atomic mass is 35.5. The van der Waals surface area contributed by atoms with Gasteiger partial charge in [0.1, 0.15) is 0 Å². The summed E-state index contributed by atoms with van der Waals surface area (Å²) < 4.78 is 2.89. The average molecular weight is 284 g/mol. The van der Waals surface area contributed by atoms with E-state index in [1.54, 1.807) is 0 Å². The van der Waals surface area contributed by atoms with Crippen molar-refractivity contribution in [3.63, 3.8) is 0 Å². The van der Waals surface area contributed by atoms with Gasteiger partial charge >= 0.3 is 0 Å². The van der Waals surface area contributed by atoms with Gasteiger partial charge in [0.15, 0.2) is 4.77 Å². The summed E-state index contributed by atoms with van der Waals surface area (Å²) in [7, 11) is 4.16. The van der Waals surface area contributed by atoms with Gasteiger partial charge in [0, 0.05) is 6.04 Å². The first kappa shape index (κ1) is 13.6. The van der Waals surface area contributed by atoms with Crippen molar-refractivity contribution in [3.05, 3.63) is 28.0 Å². The van der Waals surface area contributed by atoms with Crippen LogP contribution in [0.25, 0.3) is 11.0 Å². The Morgan fingerprint density at radius 1 is 1.44 bits per heavy atom. The van der Waals surface area contributed by atoms with E-state index < -0.39 is 0 Å². The number of rotatable bonds is 4. The normalized spacial score (nSPS) is 13.4. The molecule has 0 spiro atoms. The standard InChI is InChI=1S/C13H18ClN3S/c1-9(7-8-16(2)3)17-11-6-4-5-10(14)12(11)15-13(17)18/h4-6,9H,7-8H2,1-3H3,(H,15,18). The molecule has 0 aliphatic carbocycles. The topological polar surface area (TPSA) is 24.0 Å². The predicted octanol–water partition coefficient (Wildman–Crippen LogP) is 3.86. The second-order valence-corrected chi connectivity index (χ2v) is 5.67. The lowest BCUT2D eigenvalue weighted by molar-refractivity contribution is 0.359. The molecular weight excluding hydrogens is 266 g/mol. The number of nitrogens with one attached hydrogen (secondary N) is 1. The summed E-state index contributed by atoms with van der Waals surface area (Å²) in [4.78, 5) is 5.38. The Balaban J connectivity index is 2.41. The molecule has 2 aromatic rings. The third-order valence-electron chi connectivity index (χ3n) is 3.14. The molecule has 0 bridgehead atoms. The number of aromatic nitrogens is 2. The third kappa shape index (κ3) is 2.60. The van der Waals surface area contributed by atoms with Crippen LogP contribution in [0.5, 0.6) is 0 Å². The van der Waals surface area contributed by atoms with Crippen molar-refractivity contribution >= 4 is 34.9 Å². The molecular formula is C13H18ClN3S. The van der Waals surface area contributed by atoms with Crippen LogP contribution in [0.4, 0.5) is 0 Å². The van der Waals surface area contributed by atoms with Crippen LogP contribution >= 0.6 is 23.8 Å². The predicted molar refractivity (Wildman–Crippen MR) is 80.0 cm³/mol. The number of H-pyrrole nitrogens is 1. The van der Waals surface area contributed by atoms with Gasteiger partial charge in [-0.15, -0.1) is 0 Å². The molecule has 1 unspecified atom stereocenters. The van der Waals surface area contributed by atoms with E-state index in [0.717, 1.165) is 33.8 Å². The zero-order valence-electron chi connectivity index (χ0n) is 10.9. The number of para-hydroxylation sites is 1. The first-order chi connectivity index (χ1) is 8.50.